The smallest absolute Gasteiger partial charge is 0.252 e. The summed E-state index contributed by atoms with van der Waals surface area (Å²) < 4.78 is 0.859. The van der Waals surface area contributed by atoms with Gasteiger partial charge in [0.15, 0.2) is 0 Å². The summed E-state index contributed by atoms with van der Waals surface area (Å²) in [4.78, 5) is 12.3. The summed E-state index contributed by atoms with van der Waals surface area (Å²) in [6, 6.07) is 5.70. The van der Waals surface area contributed by atoms with E-state index in [-0.39, 0.29) is 11.4 Å². The molecule has 98 valence electrons. The molecule has 1 fully saturated rings. The van der Waals surface area contributed by atoms with E-state index in [0.29, 0.717) is 18.0 Å². The van der Waals surface area contributed by atoms with E-state index in [4.69, 9.17) is 5.73 Å². The second-order valence-electron chi connectivity index (χ2n) is 5.29. The third kappa shape index (κ3) is 2.59. The molecule has 1 aromatic rings. The van der Waals surface area contributed by atoms with E-state index in [0.717, 1.165) is 22.9 Å². The summed E-state index contributed by atoms with van der Waals surface area (Å²) in [5.74, 6) is 0.473. The number of hydrogen-bond acceptors (Lipinski definition) is 2. The lowest BCUT2D eigenvalue weighted by Gasteiger charge is -2.29. The number of halogens is 1. The fourth-order valence-corrected chi connectivity index (χ4v) is 2.63. The van der Waals surface area contributed by atoms with Gasteiger partial charge in [-0.25, -0.2) is 0 Å². The Morgan fingerprint density at radius 1 is 1.56 bits per heavy atom. The zero-order valence-corrected chi connectivity index (χ0v) is 12.4. The van der Waals surface area contributed by atoms with Gasteiger partial charge in [-0.15, -0.1) is 0 Å². The largest absolute Gasteiger partial charge is 0.345 e. The van der Waals surface area contributed by atoms with Crippen LogP contribution in [-0.4, -0.2) is 18.0 Å². The minimum absolute atomic E-state index is 0.0505. The van der Waals surface area contributed by atoms with Crippen LogP contribution in [0, 0.1) is 12.8 Å². The number of carbonyl (C=O) groups is 1. The van der Waals surface area contributed by atoms with Crippen LogP contribution in [0.5, 0.6) is 0 Å². The summed E-state index contributed by atoms with van der Waals surface area (Å²) in [6.07, 6.45) is 2.31. The zero-order chi connectivity index (χ0) is 13.3. The Labute approximate surface area is 116 Å². The second-order valence-corrected chi connectivity index (χ2v) is 6.08. The molecule has 3 nitrogen and oxygen atoms in total. The highest BCUT2D eigenvalue weighted by Crippen LogP contribution is 2.39. The van der Waals surface area contributed by atoms with Crippen molar-refractivity contribution in [2.24, 2.45) is 11.7 Å². The average molecular weight is 311 g/mol. The first kappa shape index (κ1) is 13.6. The average Bonchev–Trinajstić information content (AvgIpc) is 3.16. The molecule has 4 heteroatoms. The molecule has 1 saturated carbocycles. The topological polar surface area (TPSA) is 55.1 Å². The maximum absolute atomic E-state index is 12.3. The van der Waals surface area contributed by atoms with Gasteiger partial charge >= 0.3 is 0 Å². The van der Waals surface area contributed by atoms with E-state index in [9.17, 15) is 4.79 Å². The lowest BCUT2D eigenvalue weighted by Crippen LogP contribution is -2.53. The van der Waals surface area contributed by atoms with Gasteiger partial charge in [0.1, 0.15) is 0 Å². The van der Waals surface area contributed by atoms with Crippen molar-refractivity contribution in [1.82, 2.24) is 5.32 Å². The highest BCUT2D eigenvalue weighted by molar-refractivity contribution is 9.10. The van der Waals surface area contributed by atoms with Crippen molar-refractivity contribution in [1.29, 1.82) is 0 Å². The van der Waals surface area contributed by atoms with Crippen LogP contribution < -0.4 is 11.1 Å². The normalized spacial score (nSPS) is 18.2. The van der Waals surface area contributed by atoms with Crippen molar-refractivity contribution in [2.75, 3.05) is 6.54 Å². The minimum Gasteiger partial charge on any atom is -0.345 e. The maximum atomic E-state index is 12.3. The SMILES string of the molecule is Cc1cccc(C(=O)NC(C)(CN)C2CC2)c1Br. The number of nitrogens with two attached hydrogens (primary N) is 1. The highest BCUT2D eigenvalue weighted by Gasteiger charge is 2.41. The molecule has 3 N–H and O–H groups in total. The standard InChI is InChI=1S/C14H19BrN2O/c1-9-4-3-5-11(12(9)15)13(18)17-14(2,8-16)10-6-7-10/h3-5,10H,6-8,16H2,1-2H3,(H,17,18). The van der Waals surface area contributed by atoms with Crippen LogP contribution in [0.3, 0.4) is 0 Å². The summed E-state index contributed by atoms with van der Waals surface area (Å²) in [6.45, 7) is 4.49. The molecule has 1 aliphatic carbocycles. The Kier molecular flexibility index (Phi) is 3.78. The van der Waals surface area contributed by atoms with Gasteiger partial charge in [-0.05, 0) is 60.2 Å². The van der Waals surface area contributed by atoms with Crippen LogP contribution in [0.15, 0.2) is 22.7 Å². The van der Waals surface area contributed by atoms with Gasteiger partial charge in [-0.2, -0.15) is 0 Å². The molecule has 0 spiro atoms. The lowest BCUT2D eigenvalue weighted by atomic mass is 9.95. The molecule has 1 aromatic carbocycles. The van der Waals surface area contributed by atoms with Crippen LogP contribution in [0.1, 0.15) is 35.7 Å². The van der Waals surface area contributed by atoms with E-state index in [1.54, 1.807) is 0 Å². The van der Waals surface area contributed by atoms with Gasteiger partial charge in [0.25, 0.3) is 5.91 Å². The zero-order valence-electron chi connectivity index (χ0n) is 10.8. The third-order valence-electron chi connectivity index (χ3n) is 3.74. The van der Waals surface area contributed by atoms with Crippen molar-refractivity contribution < 1.29 is 4.79 Å². The summed E-state index contributed by atoms with van der Waals surface area (Å²) >= 11 is 3.47. The summed E-state index contributed by atoms with van der Waals surface area (Å²) in [5, 5.41) is 3.10. The first-order valence-corrected chi connectivity index (χ1v) is 7.05. The predicted octanol–water partition coefficient (Wildman–Crippen LogP) is 2.61. The van der Waals surface area contributed by atoms with Gasteiger partial charge in [0.2, 0.25) is 0 Å². The summed E-state index contributed by atoms with van der Waals surface area (Å²) in [7, 11) is 0. The van der Waals surface area contributed by atoms with E-state index in [2.05, 4.69) is 21.2 Å². The van der Waals surface area contributed by atoms with Gasteiger partial charge < -0.3 is 11.1 Å². The quantitative estimate of drug-likeness (QED) is 0.898. The Hall–Kier alpha value is -0.870. The van der Waals surface area contributed by atoms with E-state index < -0.39 is 0 Å². The van der Waals surface area contributed by atoms with Crippen LogP contribution in [0.2, 0.25) is 0 Å². The van der Waals surface area contributed by atoms with Gasteiger partial charge in [0, 0.05) is 11.0 Å². The number of rotatable bonds is 4. The van der Waals surface area contributed by atoms with Crippen molar-refractivity contribution in [3.63, 3.8) is 0 Å². The van der Waals surface area contributed by atoms with Gasteiger partial charge in [0.05, 0.1) is 11.1 Å². The number of hydrogen-bond donors (Lipinski definition) is 2. The number of carbonyl (C=O) groups excluding carboxylic acids is 1. The monoisotopic (exact) mass is 310 g/mol. The van der Waals surface area contributed by atoms with Crippen molar-refractivity contribution in [3.8, 4) is 0 Å². The molecule has 18 heavy (non-hydrogen) atoms. The lowest BCUT2D eigenvalue weighted by molar-refractivity contribution is 0.0897. The highest BCUT2D eigenvalue weighted by atomic mass is 79.9. The molecule has 0 heterocycles. The van der Waals surface area contributed by atoms with Crippen molar-refractivity contribution in [3.05, 3.63) is 33.8 Å². The molecule has 1 amide bonds. The molecule has 0 radical (unpaired) electrons. The number of amides is 1. The fourth-order valence-electron chi connectivity index (χ4n) is 2.19. The molecule has 1 atom stereocenters. The number of benzene rings is 1. The Bertz CT molecular complexity index is 471. The van der Waals surface area contributed by atoms with Crippen LogP contribution in [0.25, 0.3) is 0 Å². The van der Waals surface area contributed by atoms with Gasteiger partial charge in [-0.3, -0.25) is 4.79 Å². The number of nitrogens with one attached hydrogen (secondary N) is 1. The molecule has 0 bridgehead atoms. The molecule has 0 aromatic heterocycles. The molecular weight excluding hydrogens is 292 g/mol. The Balaban J connectivity index is 2.19. The molecule has 2 rings (SSSR count). The van der Waals surface area contributed by atoms with E-state index in [1.165, 1.54) is 0 Å². The first-order chi connectivity index (χ1) is 8.48. The minimum atomic E-state index is -0.278. The van der Waals surface area contributed by atoms with Gasteiger partial charge in [-0.1, -0.05) is 12.1 Å². The van der Waals surface area contributed by atoms with E-state index in [1.807, 2.05) is 32.0 Å². The molecule has 1 unspecified atom stereocenters. The van der Waals surface area contributed by atoms with E-state index >= 15 is 0 Å². The molecule has 0 saturated heterocycles. The molecule has 1 aliphatic rings. The summed E-state index contributed by atoms with van der Waals surface area (Å²) in [5.41, 5.74) is 7.27. The first-order valence-electron chi connectivity index (χ1n) is 6.25. The van der Waals surface area contributed by atoms with Crippen molar-refractivity contribution >= 4 is 21.8 Å². The maximum Gasteiger partial charge on any atom is 0.252 e. The Morgan fingerprint density at radius 2 is 2.22 bits per heavy atom. The van der Waals surface area contributed by atoms with Crippen LogP contribution in [-0.2, 0) is 0 Å². The van der Waals surface area contributed by atoms with Crippen LogP contribution in [0.4, 0.5) is 0 Å². The van der Waals surface area contributed by atoms with Crippen molar-refractivity contribution in [2.45, 2.75) is 32.2 Å². The predicted molar refractivity (Wildman–Crippen MR) is 76.5 cm³/mol. The fraction of sp³-hybridized carbons (Fsp3) is 0.500. The molecular formula is C14H19BrN2O. The Morgan fingerprint density at radius 3 is 2.78 bits per heavy atom. The third-order valence-corrected chi connectivity index (χ3v) is 4.79. The van der Waals surface area contributed by atoms with Crippen LogP contribution >= 0.6 is 15.9 Å². The molecule has 0 aliphatic heterocycles. The number of aryl methyl sites for hydroxylation is 1. The second kappa shape index (κ2) is 5.02.